The Labute approximate surface area is 66.3 Å². The van der Waals surface area contributed by atoms with E-state index >= 15 is 0 Å². The third-order valence-corrected chi connectivity index (χ3v) is 1.84. The van der Waals surface area contributed by atoms with Gasteiger partial charge in [0, 0.05) is 12.6 Å². The Morgan fingerprint density at radius 3 is 2.91 bits per heavy atom. The highest BCUT2D eigenvalue weighted by molar-refractivity contribution is 5.73. The van der Waals surface area contributed by atoms with E-state index < -0.39 is 0 Å². The number of nitrogens with one attached hydrogen (secondary N) is 2. The smallest absolute Gasteiger partial charge is 0.311 e. The van der Waals surface area contributed by atoms with Crippen molar-refractivity contribution < 1.29 is 9.53 Å². The van der Waals surface area contributed by atoms with Crippen LogP contribution in [0.1, 0.15) is 13.8 Å². The van der Waals surface area contributed by atoms with Gasteiger partial charge in [-0.05, 0) is 13.8 Å². The number of carbonyl (C=O) groups excluding carboxylic acids is 1. The molecule has 0 radical (unpaired) electrons. The van der Waals surface area contributed by atoms with E-state index in [1.54, 1.807) is 0 Å². The molecule has 2 unspecified atom stereocenters. The predicted molar refractivity (Wildman–Crippen MR) is 40.7 cm³/mol. The Hall–Kier alpha value is -0.610. The summed E-state index contributed by atoms with van der Waals surface area (Å²) in [5, 5.41) is 0. The molecule has 4 nitrogen and oxygen atoms in total. The standard InChI is InChI=1S/C7H14N2O2/c1-3-11-7(10)6-4-8-9-5(6)2/h5-6,8-9H,3-4H2,1-2H3. The van der Waals surface area contributed by atoms with Crippen LogP contribution >= 0.6 is 0 Å². The molecule has 0 amide bonds. The highest BCUT2D eigenvalue weighted by Crippen LogP contribution is 2.08. The Kier molecular flexibility index (Phi) is 2.84. The fourth-order valence-electron chi connectivity index (χ4n) is 1.14. The van der Waals surface area contributed by atoms with Gasteiger partial charge >= 0.3 is 5.97 Å². The highest BCUT2D eigenvalue weighted by Gasteiger charge is 2.30. The lowest BCUT2D eigenvalue weighted by Crippen LogP contribution is -2.31. The van der Waals surface area contributed by atoms with Crippen LogP contribution < -0.4 is 10.9 Å². The number of hydrazine groups is 1. The van der Waals surface area contributed by atoms with Crippen molar-refractivity contribution in [2.75, 3.05) is 13.2 Å². The molecular weight excluding hydrogens is 144 g/mol. The molecule has 0 aromatic heterocycles. The lowest BCUT2D eigenvalue weighted by atomic mass is 10.0. The first-order chi connectivity index (χ1) is 5.25. The van der Waals surface area contributed by atoms with Crippen LogP contribution in [0.15, 0.2) is 0 Å². The van der Waals surface area contributed by atoms with E-state index in [0.29, 0.717) is 13.2 Å². The second-order valence-corrected chi connectivity index (χ2v) is 2.67. The van der Waals surface area contributed by atoms with E-state index in [-0.39, 0.29) is 17.9 Å². The van der Waals surface area contributed by atoms with Crippen molar-refractivity contribution in [2.24, 2.45) is 5.92 Å². The molecule has 1 aliphatic rings. The molecule has 11 heavy (non-hydrogen) atoms. The molecule has 1 saturated heterocycles. The van der Waals surface area contributed by atoms with Crippen LogP contribution in [0, 0.1) is 5.92 Å². The summed E-state index contributed by atoms with van der Waals surface area (Å²) < 4.78 is 4.88. The number of hydrogen-bond acceptors (Lipinski definition) is 4. The third kappa shape index (κ3) is 1.91. The largest absolute Gasteiger partial charge is 0.466 e. The SMILES string of the molecule is CCOC(=O)C1CNNC1C. The van der Waals surface area contributed by atoms with Gasteiger partial charge in [-0.2, -0.15) is 0 Å². The molecule has 0 aliphatic carbocycles. The molecule has 0 saturated carbocycles. The van der Waals surface area contributed by atoms with Crippen molar-refractivity contribution in [2.45, 2.75) is 19.9 Å². The van der Waals surface area contributed by atoms with Crippen LogP contribution in [-0.4, -0.2) is 25.2 Å². The zero-order valence-corrected chi connectivity index (χ0v) is 6.89. The Morgan fingerprint density at radius 1 is 1.73 bits per heavy atom. The van der Waals surface area contributed by atoms with Gasteiger partial charge in [0.1, 0.15) is 0 Å². The zero-order valence-electron chi connectivity index (χ0n) is 6.89. The van der Waals surface area contributed by atoms with Gasteiger partial charge in [-0.3, -0.25) is 15.6 Å². The van der Waals surface area contributed by atoms with E-state index in [1.165, 1.54) is 0 Å². The highest BCUT2D eigenvalue weighted by atomic mass is 16.5. The lowest BCUT2D eigenvalue weighted by molar-refractivity contribution is -0.147. The Bertz CT molecular complexity index is 149. The van der Waals surface area contributed by atoms with Gasteiger partial charge < -0.3 is 4.74 Å². The molecule has 1 aliphatic heterocycles. The fourth-order valence-corrected chi connectivity index (χ4v) is 1.14. The van der Waals surface area contributed by atoms with Crippen molar-refractivity contribution in [1.29, 1.82) is 0 Å². The fraction of sp³-hybridized carbons (Fsp3) is 0.857. The number of ether oxygens (including phenoxy) is 1. The van der Waals surface area contributed by atoms with E-state index in [2.05, 4.69) is 10.9 Å². The second-order valence-electron chi connectivity index (χ2n) is 2.67. The molecule has 2 N–H and O–H groups in total. The van der Waals surface area contributed by atoms with Crippen LogP contribution in [-0.2, 0) is 9.53 Å². The maximum absolute atomic E-state index is 11.2. The van der Waals surface area contributed by atoms with Crippen molar-refractivity contribution in [3.63, 3.8) is 0 Å². The maximum atomic E-state index is 11.2. The normalized spacial score (nSPS) is 30.4. The summed E-state index contributed by atoms with van der Waals surface area (Å²) in [6.45, 7) is 4.90. The monoisotopic (exact) mass is 158 g/mol. The molecule has 0 aromatic rings. The average molecular weight is 158 g/mol. The maximum Gasteiger partial charge on any atom is 0.311 e. The molecule has 1 rings (SSSR count). The van der Waals surface area contributed by atoms with Crippen LogP contribution in [0.3, 0.4) is 0 Å². The molecule has 1 heterocycles. The minimum absolute atomic E-state index is 0.0325. The van der Waals surface area contributed by atoms with Crippen molar-refractivity contribution in [3.05, 3.63) is 0 Å². The lowest BCUT2D eigenvalue weighted by Gasteiger charge is -2.11. The van der Waals surface area contributed by atoms with Gasteiger partial charge in [0.05, 0.1) is 12.5 Å². The molecular formula is C7H14N2O2. The van der Waals surface area contributed by atoms with Gasteiger partial charge in [-0.25, -0.2) is 0 Å². The second kappa shape index (κ2) is 3.69. The van der Waals surface area contributed by atoms with Crippen LogP contribution in [0.5, 0.6) is 0 Å². The first kappa shape index (κ1) is 8.49. The molecule has 1 fully saturated rings. The summed E-state index contributed by atoms with van der Waals surface area (Å²) in [6, 6.07) is 0.175. The van der Waals surface area contributed by atoms with Crippen molar-refractivity contribution in [3.8, 4) is 0 Å². The van der Waals surface area contributed by atoms with Gasteiger partial charge in [-0.15, -0.1) is 0 Å². The number of rotatable bonds is 2. The third-order valence-electron chi connectivity index (χ3n) is 1.84. The Balaban J connectivity index is 2.39. The molecule has 2 atom stereocenters. The van der Waals surface area contributed by atoms with Crippen molar-refractivity contribution in [1.82, 2.24) is 10.9 Å². The van der Waals surface area contributed by atoms with E-state index in [0.717, 1.165) is 0 Å². The number of esters is 1. The number of hydrogen-bond donors (Lipinski definition) is 2. The van der Waals surface area contributed by atoms with E-state index in [9.17, 15) is 4.79 Å². The quantitative estimate of drug-likeness (QED) is 0.540. The molecule has 64 valence electrons. The summed E-state index contributed by atoms with van der Waals surface area (Å²) in [6.07, 6.45) is 0. The van der Waals surface area contributed by atoms with Crippen LogP contribution in [0.2, 0.25) is 0 Å². The summed E-state index contributed by atoms with van der Waals surface area (Å²) in [5.74, 6) is -0.146. The van der Waals surface area contributed by atoms with Crippen LogP contribution in [0.4, 0.5) is 0 Å². The minimum Gasteiger partial charge on any atom is -0.466 e. The minimum atomic E-state index is -0.113. The van der Waals surface area contributed by atoms with E-state index in [4.69, 9.17) is 4.74 Å². The van der Waals surface area contributed by atoms with Crippen LogP contribution in [0.25, 0.3) is 0 Å². The van der Waals surface area contributed by atoms with Crippen molar-refractivity contribution >= 4 is 5.97 Å². The molecule has 0 spiro atoms. The molecule has 0 bridgehead atoms. The summed E-state index contributed by atoms with van der Waals surface area (Å²) in [4.78, 5) is 11.2. The van der Waals surface area contributed by atoms with Gasteiger partial charge in [0.15, 0.2) is 0 Å². The Morgan fingerprint density at radius 2 is 2.45 bits per heavy atom. The summed E-state index contributed by atoms with van der Waals surface area (Å²) >= 11 is 0. The zero-order chi connectivity index (χ0) is 8.27. The first-order valence-corrected chi connectivity index (χ1v) is 3.90. The topological polar surface area (TPSA) is 50.4 Å². The van der Waals surface area contributed by atoms with Gasteiger partial charge in [0.2, 0.25) is 0 Å². The number of carbonyl (C=O) groups is 1. The predicted octanol–water partition coefficient (Wildman–Crippen LogP) is -0.338. The average Bonchev–Trinajstić information content (AvgIpc) is 2.36. The summed E-state index contributed by atoms with van der Waals surface area (Å²) in [5.41, 5.74) is 5.87. The summed E-state index contributed by atoms with van der Waals surface area (Å²) in [7, 11) is 0. The van der Waals surface area contributed by atoms with Gasteiger partial charge in [0.25, 0.3) is 0 Å². The molecule has 4 heteroatoms. The first-order valence-electron chi connectivity index (χ1n) is 3.90. The van der Waals surface area contributed by atoms with E-state index in [1.807, 2.05) is 13.8 Å². The molecule has 0 aromatic carbocycles. The van der Waals surface area contributed by atoms with Gasteiger partial charge in [-0.1, -0.05) is 0 Å².